The van der Waals surface area contributed by atoms with Crippen molar-refractivity contribution in [3.05, 3.63) is 11.6 Å². The van der Waals surface area contributed by atoms with Gasteiger partial charge in [0.25, 0.3) is 0 Å². The molecule has 4 fully saturated rings. The predicted molar refractivity (Wildman–Crippen MR) is 140 cm³/mol. The first-order chi connectivity index (χ1) is 15.7. The lowest BCUT2D eigenvalue weighted by molar-refractivity contribution is -0.214. The van der Waals surface area contributed by atoms with Crippen molar-refractivity contribution in [3.63, 3.8) is 0 Å². The average Bonchev–Trinajstić information content (AvgIpc) is 3.10. The summed E-state index contributed by atoms with van der Waals surface area (Å²) >= 11 is 0. The van der Waals surface area contributed by atoms with Gasteiger partial charge in [-0.05, 0) is 109 Å². The number of fused-ring (bicyclic) bond motifs is 7. The monoisotopic (exact) mass is 468 g/mol. The van der Waals surface area contributed by atoms with Gasteiger partial charge in [-0.3, -0.25) is 4.79 Å². The molecule has 0 spiro atoms. The van der Waals surface area contributed by atoms with E-state index in [1.54, 1.807) is 12.5 Å². The average molecular weight is 469 g/mol. The second-order valence-electron chi connectivity index (χ2n) is 15.2. The van der Waals surface area contributed by atoms with Crippen molar-refractivity contribution < 1.29 is 9.53 Å². The molecule has 0 saturated heterocycles. The molecule has 5 aliphatic rings. The van der Waals surface area contributed by atoms with E-state index in [1.165, 1.54) is 51.4 Å². The highest BCUT2D eigenvalue weighted by atomic mass is 16.5. The molecule has 0 N–H and O–H groups in total. The van der Waals surface area contributed by atoms with Crippen LogP contribution in [0.2, 0.25) is 0 Å². The molecule has 0 aromatic heterocycles. The van der Waals surface area contributed by atoms with E-state index in [0.717, 1.165) is 30.1 Å². The van der Waals surface area contributed by atoms with Gasteiger partial charge in [0.2, 0.25) is 0 Å². The lowest BCUT2D eigenvalue weighted by Crippen LogP contribution is -2.64. The number of rotatable bonds is 2. The van der Waals surface area contributed by atoms with Crippen molar-refractivity contribution in [1.29, 1.82) is 0 Å². The Balaban J connectivity index is 1.51. The SMILES string of the molecule is CC(=O)OC1CCC2C(=CCC3[C@@]2(C)CC[C@@]2(C)C4CCC(C(C)C)[C@@]4(C)CC[C@]32C)C1(C)C. The normalized spacial score (nSPS) is 51.6. The van der Waals surface area contributed by atoms with Crippen molar-refractivity contribution in [1.82, 2.24) is 0 Å². The second-order valence-corrected chi connectivity index (χ2v) is 15.2. The summed E-state index contributed by atoms with van der Waals surface area (Å²) in [7, 11) is 0. The molecular weight excluding hydrogens is 416 g/mol. The zero-order valence-electron chi connectivity index (χ0n) is 23.7. The van der Waals surface area contributed by atoms with E-state index in [4.69, 9.17) is 4.74 Å². The van der Waals surface area contributed by atoms with Gasteiger partial charge in [-0.15, -0.1) is 0 Å². The summed E-state index contributed by atoms with van der Waals surface area (Å²) in [6, 6.07) is 0. The van der Waals surface area contributed by atoms with E-state index in [9.17, 15) is 4.79 Å². The first-order valence-corrected chi connectivity index (χ1v) is 14.6. The van der Waals surface area contributed by atoms with Gasteiger partial charge in [-0.1, -0.05) is 67.0 Å². The number of hydrogen-bond donors (Lipinski definition) is 0. The predicted octanol–water partition coefficient (Wildman–Crippen LogP) is 8.60. The molecule has 34 heavy (non-hydrogen) atoms. The molecule has 4 saturated carbocycles. The third-order valence-corrected chi connectivity index (χ3v) is 13.5. The van der Waals surface area contributed by atoms with Crippen LogP contribution in [0.25, 0.3) is 0 Å². The number of carbonyl (C=O) groups is 1. The van der Waals surface area contributed by atoms with Crippen LogP contribution in [0.3, 0.4) is 0 Å². The van der Waals surface area contributed by atoms with Crippen LogP contribution < -0.4 is 0 Å². The van der Waals surface area contributed by atoms with Crippen molar-refractivity contribution in [3.8, 4) is 0 Å². The van der Waals surface area contributed by atoms with Crippen molar-refractivity contribution in [2.75, 3.05) is 0 Å². The number of allylic oxidation sites excluding steroid dienone is 1. The van der Waals surface area contributed by atoms with Crippen LogP contribution in [0, 0.1) is 56.7 Å². The molecule has 9 atom stereocenters. The topological polar surface area (TPSA) is 26.3 Å². The fraction of sp³-hybridized carbons (Fsp3) is 0.906. The molecule has 0 heterocycles. The zero-order chi connectivity index (χ0) is 24.9. The van der Waals surface area contributed by atoms with Crippen LogP contribution in [-0.4, -0.2) is 12.1 Å². The van der Waals surface area contributed by atoms with Gasteiger partial charge in [0.05, 0.1) is 0 Å². The van der Waals surface area contributed by atoms with E-state index in [-0.39, 0.29) is 17.5 Å². The Bertz CT molecular complexity index is 883. The van der Waals surface area contributed by atoms with E-state index in [2.05, 4.69) is 61.5 Å². The molecule has 2 heteroatoms. The smallest absolute Gasteiger partial charge is 0.302 e. The maximum absolute atomic E-state index is 11.8. The molecule has 0 radical (unpaired) electrons. The molecule has 0 aromatic carbocycles. The third kappa shape index (κ3) is 3.01. The maximum atomic E-state index is 11.8. The van der Waals surface area contributed by atoms with Gasteiger partial charge in [-0.2, -0.15) is 0 Å². The summed E-state index contributed by atoms with van der Waals surface area (Å²) in [6.45, 7) is 22.0. The minimum atomic E-state index is -0.125. The lowest BCUT2D eigenvalue weighted by atomic mass is 9.33. The molecule has 0 aromatic rings. The Kier molecular flexibility index (Phi) is 5.57. The Morgan fingerprint density at radius 2 is 1.47 bits per heavy atom. The second kappa shape index (κ2) is 7.61. The van der Waals surface area contributed by atoms with Gasteiger partial charge < -0.3 is 4.74 Å². The van der Waals surface area contributed by atoms with E-state index in [1.807, 2.05) is 0 Å². The van der Waals surface area contributed by atoms with Crippen LogP contribution in [0.4, 0.5) is 0 Å². The van der Waals surface area contributed by atoms with Gasteiger partial charge in [0.15, 0.2) is 0 Å². The van der Waals surface area contributed by atoms with Crippen molar-refractivity contribution >= 4 is 5.97 Å². The molecule has 5 unspecified atom stereocenters. The highest BCUT2D eigenvalue weighted by Crippen LogP contribution is 2.77. The Morgan fingerprint density at radius 1 is 0.853 bits per heavy atom. The highest BCUT2D eigenvalue weighted by Gasteiger charge is 2.70. The van der Waals surface area contributed by atoms with E-state index < -0.39 is 0 Å². The fourth-order valence-corrected chi connectivity index (χ4v) is 11.6. The zero-order valence-corrected chi connectivity index (χ0v) is 23.7. The number of carbonyl (C=O) groups excluding carboxylic acids is 1. The van der Waals surface area contributed by atoms with Gasteiger partial charge in [0, 0.05) is 12.3 Å². The standard InChI is InChI=1S/C32H52O2/c1-20(2)22-10-13-25-29(22,6)16-18-32(9)26-14-11-23-24(30(26,7)17-19-31(25,32)8)12-15-27(28(23,4)5)34-21(3)33/h11,20,22,24-27H,10,12-19H2,1-9H3/t22?,24?,25?,26?,27?,29-,30+,31+,32-/m1/s1. The summed E-state index contributed by atoms with van der Waals surface area (Å²) in [5.41, 5.74) is 3.36. The first-order valence-electron chi connectivity index (χ1n) is 14.6. The highest BCUT2D eigenvalue weighted by molar-refractivity contribution is 5.66. The maximum Gasteiger partial charge on any atom is 0.302 e. The molecular formula is C32H52O2. The summed E-state index contributed by atoms with van der Waals surface area (Å²) in [4.78, 5) is 11.8. The van der Waals surface area contributed by atoms with Gasteiger partial charge in [0.1, 0.15) is 6.10 Å². The van der Waals surface area contributed by atoms with Crippen LogP contribution >= 0.6 is 0 Å². The molecule has 0 bridgehead atoms. The molecule has 2 nitrogen and oxygen atoms in total. The first kappa shape index (κ1) is 24.9. The third-order valence-electron chi connectivity index (χ3n) is 13.5. The molecule has 0 aliphatic heterocycles. The largest absolute Gasteiger partial charge is 0.462 e. The van der Waals surface area contributed by atoms with Gasteiger partial charge in [-0.25, -0.2) is 0 Å². The van der Waals surface area contributed by atoms with Crippen LogP contribution in [-0.2, 0) is 9.53 Å². The Labute approximate surface area is 210 Å². The Morgan fingerprint density at radius 3 is 2.09 bits per heavy atom. The number of hydrogen-bond acceptors (Lipinski definition) is 2. The fourth-order valence-electron chi connectivity index (χ4n) is 11.6. The summed E-state index contributed by atoms with van der Waals surface area (Å²) in [5.74, 6) is 3.90. The summed E-state index contributed by atoms with van der Waals surface area (Å²) in [6.07, 6.45) is 14.6. The molecule has 0 amide bonds. The van der Waals surface area contributed by atoms with E-state index >= 15 is 0 Å². The molecule has 192 valence electrons. The Hall–Kier alpha value is -0.790. The van der Waals surface area contributed by atoms with Crippen LogP contribution in [0.1, 0.15) is 120 Å². The van der Waals surface area contributed by atoms with Crippen molar-refractivity contribution in [2.24, 2.45) is 56.7 Å². The molecule has 5 rings (SSSR count). The number of ether oxygens (including phenoxy) is 1. The summed E-state index contributed by atoms with van der Waals surface area (Å²) in [5, 5.41) is 0. The lowest BCUT2D eigenvalue weighted by Gasteiger charge is -2.71. The minimum absolute atomic E-state index is 0.0268. The summed E-state index contributed by atoms with van der Waals surface area (Å²) < 4.78 is 5.85. The van der Waals surface area contributed by atoms with Crippen molar-refractivity contribution in [2.45, 2.75) is 126 Å². The minimum Gasteiger partial charge on any atom is -0.462 e. The van der Waals surface area contributed by atoms with Gasteiger partial charge >= 0.3 is 5.97 Å². The number of esters is 1. The van der Waals surface area contributed by atoms with Crippen LogP contribution in [0.5, 0.6) is 0 Å². The van der Waals surface area contributed by atoms with E-state index in [0.29, 0.717) is 27.6 Å². The molecule has 5 aliphatic carbocycles. The van der Waals surface area contributed by atoms with Crippen LogP contribution in [0.15, 0.2) is 11.6 Å². The quantitative estimate of drug-likeness (QED) is 0.299.